The van der Waals surface area contributed by atoms with Crippen molar-refractivity contribution in [3.05, 3.63) is 0 Å². The molecule has 0 aromatic rings. The Morgan fingerprint density at radius 2 is 1.85 bits per heavy atom. The summed E-state index contributed by atoms with van der Waals surface area (Å²) < 4.78 is 5.96. The Morgan fingerprint density at radius 3 is 2.56 bits per heavy atom. The quantitative estimate of drug-likeness (QED) is 0.550. The minimum absolute atomic E-state index is 0.0265. The standard InChI is InChI=1S/C20H35N3O4/c24-14-18-17(22-20(26)15-4-5-15)7-6-16(27-18)8-10-21-19(25)9-13-23-11-2-1-3-12-23/h15-18,24H,1-14H2,(H,21,25)(H,22,26)/t16-,17-,18+/m1/s1. The Bertz CT molecular complexity index is 492. The summed E-state index contributed by atoms with van der Waals surface area (Å²) in [7, 11) is 0. The highest BCUT2D eigenvalue weighted by Crippen LogP contribution is 2.30. The molecule has 7 nitrogen and oxygen atoms in total. The number of aliphatic hydroxyl groups is 1. The van der Waals surface area contributed by atoms with Crippen molar-refractivity contribution >= 4 is 11.8 Å². The molecule has 0 radical (unpaired) electrons. The number of piperidine rings is 1. The first-order valence-electron chi connectivity index (χ1n) is 10.7. The zero-order valence-electron chi connectivity index (χ0n) is 16.3. The number of hydrogen-bond donors (Lipinski definition) is 3. The summed E-state index contributed by atoms with van der Waals surface area (Å²) in [5, 5.41) is 15.6. The van der Waals surface area contributed by atoms with Gasteiger partial charge in [-0.2, -0.15) is 0 Å². The Labute approximate surface area is 162 Å². The lowest BCUT2D eigenvalue weighted by molar-refractivity contribution is -0.130. The van der Waals surface area contributed by atoms with Gasteiger partial charge < -0.3 is 25.4 Å². The molecule has 3 N–H and O–H groups in total. The molecule has 2 saturated heterocycles. The van der Waals surface area contributed by atoms with Gasteiger partial charge in [0.2, 0.25) is 11.8 Å². The molecule has 0 spiro atoms. The Balaban J connectivity index is 1.29. The number of likely N-dealkylation sites (tertiary alicyclic amines) is 1. The summed E-state index contributed by atoms with van der Waals surface area (Å²) in [6.45, 7) is 3.59. The van der Waals surface area contributed by atoms with Gasteiger partial charge >= 0.3 is 0 Å². The average Bonchev–Trinajstić information content (AvgIpc) is 3.53. The molecule has 0 bridgehead atoms. The van der Waals surface area contributed by atoms with Crippen LogP contribution in [0.25, 0.3) is 0 Å². The van der Waals surface area contributed by atoms with Crippen LogP contribution in [0, 0.1) is 5.92 Å². The van der Waals surface area contributed by atoms with E-state index < -0.39 is 0 Å². The normalized spacial score (nSPS) is 29.3. The molecule has 0 aromatic heterocycles. The molecule has 1 aliphatic carbocycles. The zero-order valence-corrected chi connectivity index (χ0v) is 16.3. The van der Waals surface area contributed by atoms with Gasteiger partial charge in [-0.3, -0.25) is 9.59 Å². The Kier molecular flexibility index (Phi) is 7.91. The molecule has 154 valence electrons. The van der Waals surface area contributed by atoms with Crippen LogP contribution in [0.2, 0.25) is 0 Å². The van der Waals surface area contributed by atoms with E-state index in [4.69, 9.17) is 4.74 Å². The fourth-order valence-corrected chi connectivity index (χ4v) is 4.06. The fourth-order valence-electron chi connectivity index (χ4n) is 4.06. The van der Waals surface area contributed by atoms with Crippen LogP contribution < -0.4 is 10.6 Å². The molecule has 3 aliphatic rings. The van der Waals surface area contributed by atoms with Crippen molar-refractivity contribution in [2.45, 2.75) is 76.0 Å². The number of ether oxygens (including phenoxy) is 1. The van der Waals surface area contributed by atoms with E-state index in [9.17, 15) is 14.7 Å². The molecular weight excluding hydrogens is 346 g/mol. The van der Waals surface area contributed by atoms with E-state index in [1.807, 2.05) is 0 Å². The Hall–Kier alpha value is -1.18. The van der Waals surface area contributed by atoms with E-state index in [1.165, 1.54) is 19.3 Å². The van der Waals surface area contributed by atoms with Crippen LogP contribution >= 0.6 is 0 Å². The lowest BCUT2D eigenvalue weighted by Gasteiger charge is -2.36. The van der Waals surface area contributed by atoms with E-state index >= 15 is 0 Å². The lowest BCUT2D eigenvalue weighted by atomic mass is 9.97. The van der Waals surface area contributed by atoms with Gasteiger partial charge in [0, 0.05) is 25.4 Å². The molecule has 2 heterocycles. The summed E-state index contributed by atoms with van der Waals surface area (Å²) >= 11 is 0. The van der Waals surface area contributed by atoms with Crippen LogP contribution in [0.15, 0.2) is 0 Å². The third-order valence-electron chi connectivity index (χ3n) is 5.96. The van der Waals surface area contributed by atoms with E-state index in [1.54, 1.807) is 0 Å². The highest BCUT2D eigenvalue weighted by molar-refractivity contribution is 5.81. The first-order valence-corrected chi connectivity index (χ1v) is 10.7. The summed E-state index contributed by atoms with van der Waals surface area (Å²) in [6, 6.07) is -0.0986. The maximum atomic E-state index is 12.0. The van der Waals surface area contributed by atoms with Gasteiger partial charge in [0.1, 0.15) is 6.10 Å². The second kappa shape index (κ2) is 10.4. The summed E-state index contributed by atoms with van der Waals surface area (Å²) in [5.74, 6) is 0.369. The summed E-state index contributed by atoms with van der Waals surface area (Å²) in [6.07, 6.45) is 8.39. The molecule has 0 aromatic carbocycles. The van der Waals surface area contributed by atoms with Gasteiger partial charge in [0.25, 0.3) is 0 Å². The van der Waals surface area contributed by atoms with Crippen molar-refractivity contribution in [2.24, 2.45) is 5.92 Å². The van der Waals surface area contributed by atoms with Crippen LogP contribution in [0.5, 0.6) is 0 Å². The SMILES string of the molecule is O=C(CCN1CCCCC1)NCC[C@H]1CC[C@@H](NC(=O)C2CC2)[C@H](CO)O1. The minimum Gasteiger partial charge on any atom is -0.394 e. The molecule has 7 heteroatoms. The second-order valence-electron chi connectivity index (χ2n) is 8.24. The number of rotatable bonds is 9. The van der Waals surface area contributed by atoms with Crippen molar-refractivity contribution in [1.29, 1.82) is 0 Å². The molecule has 3 fully saturated rings. The number of amides is 2. The van der Waals surface area contributed by atoms with Crippen LogP contribution in [-0.4, -0.2) is 72.9 Å². The molecule has 2 amide bonds. The number of nitrogens with zero attached hydrogens (tertiary/aromatic N) is 1. The van der Waals surface area contributed by atoms with Crippen LogP contribution in [0.4, 0.5) is 0 Å². The van der Waals surface area contributed by atoms with Crippen LogP contribution in [0.1, 0.15) is 57.8 Å². The summed E-state index contributed by atoms with van der Waals surface area (Å²) in [5.41, 5.74) is 0. The van der Waals surface area contributed by atoms with E-state index in [-0.39, 0.29) is 42.6 Å². The monoisotopic (exact) mass is 381 g/mol. The fraction of sp³-hybridized carbons (Fsp3) is 0.900. The number of carbonyl (C=O) groups is 2. The van der Waals surface area contributed by atoms with Gasteiger partial charge in [-0.1, -0.05) is 6.42 Å². The first kappa shape index (κ1) is 20.6. The highest BCUT2D eigenvalue weighted by Gasteiger charge is 2.36. The van der Waals surface area contributed by atoms with Crippen LogP contribution in [-0.2, 0) is 14.3 Å². The van der Waals surface area contributed by atoms with E-state index in [0.29, 0.717) is 13.0 Å². The van der Waals surface area contributed by atoms with Gasteiger partial charge in [0.05, 0.1) is 18.8 Å². The van der Waals surface area contributed by atoms with Gasteiger partial charge in [0.15, 0.2) is 0 Å². The van der Waals surface area contributed by atoms with Crippen molar-refractivity contribution in [3.8, 4) is 0 Å². The van der Waals surface area contributed by atoms with Crippen LogP contribution in [0.3, 0.4) is 0 Å². The third-order valence-corrected chi connectivity index (χ3v) is 5.96. The lowest BCUT2D eigenvalue weighted by Crippen LogP contribution is -2.51. The topological polar surface area (TPSA) is 90.9 Å². The number of aliphatic hydroxyl groups excluding tert-OH is 1. The predicted octanol–water partition coefficient (Wildman–Crippen LogP) is 0.803. The van der Waals surface area contributed by atoms with Crippen molar-refractivity contribution in [3.63, 3.8) is 0 Å². The molecule has 27 heavy (non-hydrogen) atoms. The Morgan fingerprint density at radius 1 is 1.07 bits per heavy atom. The number of nitrogens with one attached hydrogen (secondary N) is 2. The van der Waals surface area contributed by atoms with Gasteiger partial charge in [-0.15, -0.1) is 0 Å². The van der Waals surface area contributed by atoms with Gasteiger partial charge in [-0.25, -0.2) is 0 Å². The first-order chi connectivity index (χ1) is 13.2. The second-order valence-corrected chi connectivity index (χ2v) is 8.24. The number of carbonyl (C=O) groups excluding carboxylic acids is 2. The largest absolute Gasteiger partial charge is 0.394 e. The third kappa shape index (κ3) is 6.73. The highest BCUT2D eigenvalue weighted by atomic mass is 16.5. The van der Waals surface area contributed by atoms with E-state index in [0.717, 1.165) is 51.7 Å². The van der Waals surface area contributed by atoms with E-state index in [2.05, 4.69) is 15.5 Å². The predicted molar refractivity (Wildman–Crippen MR) is 102 cm³/mol. The van der Waals surface area contributed by atoms with Crippen molar-refractivity contribution in [1.82, 2.24) is 15.5 Å². The molecular formula is C20H35N3O4. The summed E-state index contributed by atoms with van der Waals surface area (Å²) in [4.78, 5) is 26.3. The molecule has 0 unspecified atom stereocenters. The average molecular weight is 382 g/mol. The van der Waals surface area contributed by atoms with Gasteiger partial charge in [-0.05, 0) is 58.0 Å². The maximum Gasteiger partial charge on any atom is 0.223 e. The van der Waals surface area contributed by atoms with Crippen molar-refractivity contribution in [2.75, 3.05) is 32.8 Å². The molecule has 2 aliphatic heterocycles. The molecule has 3 rings (SSSR count). The molecule has 1 saturated carbocycles. The van der Waals surface area contributed by atoms with Crippen molar-refractivity contribution < 1.29 is 19.4 Å². The smallest absolute Gasteiger partial charge is 0.223 e. The zero-order chi connectivity index (χ0) is 19.1. The minimum atomic E-state index is -0.346. The maximum absolute atomic E-state index is 12.0. The number of hydrogen-bond acceptors (Lipinski definition) is 5. The molecule has 3 atom stereocenters.